The summed E-state index contributed by atoms with van der Waals surface area (Å²) in [5.41, 5.74) is -0.122. The molecular formula is C10H14F2N2O. The van der Waals surface area contributed by atoms with Crippen LogP contribution in [0.4, 0.5) is 8.78 Å². The van der Waals surface area contributed by atoms with Crippen molar-refractivity contribution in [3.8, 4) is 0 Å². The SMILES string of the molecule is Cn1nc(C(F)F)c2c1C(C)(O)CCC2. The van der Waals surface area contributed by atoms with Crippen LogP contribution in [0.15, 0.2) is 0 Å². The molecular weight excluding hydrogens is 202 g/mol. The molecule has 0 spiro atoms. The van der Waals surface area contributed by atoms with Gasteiger partial charge in [0.1, 0.15) is 11.3 Å². The topological polar surface area (TPSA) is 38.0 Å². The van der Waals surface area contributed by atoms with E-state index < -0.39 is 12.0 Å². The van der Waals surface area contributed by atoms with Crippen LogP contribution < -0.4 is 0 Å². The van der Waals surface area contributed by atoms with Crippen molar-refractivity contribution in [2.45, 2.75) is 38.2 Å². The number of hydrogen-bond donors (Lipinski definition) is 1. The molecule has 5 heteroatoms. The molecule has 2 rings (SSSR count). The van der Waals surface area contributed by atoms with E-state index in [4.69, 9.17) is 0 Å². The number of alkyl halides is 2. The van der Waals surface area contributed by atoms with E-state index in [0.717, 1.165) is 6.42 Å². The van der Waals surface area contributed by atoms with E-state index in [-0.39, 0.29) is 5.69 Å². The predicted molar refractivity (Wildman–Crippen MR) is 50.7 cm³/mol. The molecule has 0 aliphatic heterocycles. The van der Waals surface area contributed by atoms with Gasteiger partial charge in [-0.2, -0.15) is 5.10 Å². The molecule has 1 N–H and O–H groups in total. The number of aryl methyl sites for hydroxylation is 1. The fourth-order valence-electron chi connectivity index (χ4n) is 2.41. The molecule has 1 aliphatic rings. The summed E-state index contributed by atoms with van der Waals surface area (Å²) in [7, 11) is 1.60. The van der Waals surface area contributed by atoms with E-state index in [1.807, 2.05) is 0 Å². The minimum absolute atomic E-state index is 0.174. The highest BCUT2D eigenvalue weighted by atomic mass is 19.3. The lowest BCUT2D eigenvalue weighted by Crippen LogP contribution is -2.29. The van der Waals surface area contributed by atoms with Crippen LogP contribution >= 0.6 is 0 Å². The van der Waals surface area contributed by atoms with Crippen molar-refractivity contribution in [1.82, 2.24) is 9.78 Å². The molecule has 0 radical (unpaired) electrons. The fraction of sp³-hybridized carbons (Fsp3) is 0.700. The summed E-state index contributed by atoms with van der Waals surface area (Å²) in [5.74, 6) is 0. The Morgan fingerprint density at radius 2 is 2.20 bits per heavy atom. The van der Waals surface area contributed by atoms with E-state index in [0.29, 0.717) is 24.1 Å². The van der Waals surface area contributed by atoms with Crippen LogP contribution in [-0.4, -0.2) is 14.9 Å². The van der Waals surface area contributed by atoms with Gasteiger partial charge in [0.2, 0.25) is 0 Å². The molecule has 1 aliphatic carbocycles. The number of rotatable bonds is 1. The largest absolute Gasteiger partial charge is 0.384 e. The number of fused-ring (bicyclic) bond motifs is 1. The number of aromatic nitrogens is 2. The fourth-order valence-corrected chi connectivity index (χ4v) is 2.41. The smallest absolute Gasteiger partial charge is 0.282 e. The maximum Gasteiger partial charge on any atom is 0.282 e. The number of hydrogen-bond acceptors (Lipinski definition) is 2. The molecule has 1 aromatic rings. The predicted octanol–water partition coefficient (Wildman–Crippen LogP) is 1.90. The first-order valence-corrected chi connectivity index (χ1v) is 5.00. The highest BCUT2D eigenvalue weighted by Gasteiger charge is 2.36. The zero-order valence-electron chi connectivity index (χ0n) is 8.80. The van der Waals surface area contributed by atoms with Gasteiger partial charge in [-0.1, -0.05) is 0 Å². The molecule has 0 aromatic carbocycles. The summed E-state index contributed by atoms with van der Waals surface area (Å²) in [6, 6.07) is 0. The van der Waals surface area contributed by atoms with Crippen molar-refractivity contribution in [2.24, 2.45) is 7.05 Å². The Morgan fingerprint density at radius 1 is 1.53 bits per heavy atom. The van der Waals surface area contributed by atoms with Crippen LogP contribution in [0, 0.1) is 0 Å². The second-order valence-electron chi connectivity index (χ2n) is 4.26. The Balaban J connectivity index is 2.59. The van der Waals surface area contributed by atoms with Gasteiger partial charge in [0.05, 0.1) is 5.69 Å². The molecule has 1 heterocycles. The van der Waals surface area contributed by atoms with Crippen LogP contribution in [0.3, 0.4) is 0 Å². The van der Waals surface area contributed by atoms with E-state index >= 15 is 0 Å². The summed E-state index contributed by atoms with van der Waals surface area (Å²) >= 11 is 0. The molecule has 1 unspecified atom stereocenters. The summed E-state index contributed by atoms with van der Waals surface area (Å²) < 4.78 is 26.7. The minimum Gasteiger partial charge on any atom is -0.384 e. The quantitative estimate of drug-likeness (QED) is 0.778. The van der Waals surface area contributed by atoms with Crippen LogP contribution in [0.1, 0.15) is 43.1 Å². The monoisotopic (exact) mass is 216 g/mol. The molecule has 3 nitrogen and oxygen atoms in total. The Labute approximate surface area is 86.7 Å². The van der Waals surface area contributed by atoms with Crippen molar-refractivity contribution >= 4 is 0 Å². The molecule has 15 heavy (non-hydrogen) atoms. The van der Waals surface area contributed by atoms with Gasteiger partial charge in [-0.25, -0.2) is 8.78 Å². The van der Waals surface area contributed by atoms with Crippen molar-refractivity contribution in [1.29, 1.82) is 0 Å². The van der Waals surface area contributed by atoms with Crippen molar-refractivity contribution < 1.29 is 13.9 Å². The second-order valence-corrected chi connectivity index (χ2v) is 4.26. The molecule has 0 saturated carbocycles. The first-order chi connectivity index (χ1) is 6.93. The molecule has 0 bridgehead atoms. The lowest BCUT2D eigenvalue weighted by atomic mass is 9.84. The van der Waals surface area contributed by atoms with Crippen LogP contribution in [0.5, 0.6) is 0 Å². The number of halogens is 2. The van der Waals surface area contributed by atoms with Crippen LogP contribution in [0.2, 0.25) is 0 Å². The zero-order chi connectivity index (χ0) is 11.2. The van der Waals surface area contributed by atoms with Gasteiger partial charge in [-0.3, -0.25) is 4.68 Å². The number of aliphatic hydroxyl groups is 1. The lowest BCUT2D eigenvalue weighted by Gasteiger charge is -2.29. The van der Waals surface area contributed by atoms with Gasteiger partial charge in [0, 0.05) is 12.6 Å². The molecule has 1 atom stereocenters. The van der Waals surface area contributed by atoms with Gasteiger partial charge >= 0.3 is 0 Å². The summed E-state index contributed by atoms with van der Waals surface area (Å²) in [6.45, 7) is 1.65. The van der Waals surface area contributed by atoms with Gasteiger partial charge in [0.25, 0.3) is 6.43 Å². The molecule has 0 amide bonds. The van der Waals surface area contributed by atoms with Crippen molar-refractivity contribution in [3.05, 3.63) is 17.0 Å². The normalized spacial score (nSPS) is 25.7. The first-order valence-electron chi connectivity index (χ1n) is 5.00. The summed E-state index contributed by atoms with van der Waals surface area (Å²) in [6.07, 6.45) is -0.652. The summed E-state index contributed by atoms with van der Waals surface area (Å²) in [5, 5.41) is 13.9. The maximum atomic E-state index is 12.7. The Morgan fingerprint density at radius 3 is 2.80 bits per heavy atom. The first kappa shape index (κ1) is 10.5. The summed E-state index contributed by atoms with van der Waals surface area (Å²) in [4.78, 5) is 0. The number of nitrogens with zero attached hydrogens (tertiary/aromatic N) is 2. The van der Waals surface area contributed by atoms with Gasteiger partial charge in [-0.15, -0.1) is 0 Å². The second kappa shape index (κ2) is 3.27. The van der Waals surface area contributed by atoms with Crippen LogP contribution in [0.25, 0.3) is 0 Å². The van der Waals surface area contributed by atoms with E-state index in [2.05, 4.69) is 5.10 Å². The third kappa shape index (κ3) is 1.55. The minimum atomic E-state index is -2.56. The molecule has 0 fully saturated rings. The van der Waals surface area contributed by atoms with Gasteiger partial charge in [0.15, 0.2) is 0 Å². The van der Waals surface area contributed by atoms with Gasteiger partial charge in [-0.05, 0) is 26.2 Å². The van der Waals surface area contributed by atoms with Crippen LogP contribution in [-0.2, 0) is 19.1 Å². The third-order valence-electron chi connectivity index (χ3n) is 2.98. The standard InChI is InChI=1S/C10H14F2N2O/c1-10(15)5-3-4-6-7(9(11)12)13-14(2)8(6)10/h9,15H,3-5H2,1-2H3. The molecule has 0 saturated heterocycles. The maximum absolute atomic E-state index is 12.7. The third-order valence-corrected chi connectivity index (χ3v) is 2.98. The van der Waals surface area contributed by atoms with E-state index in [1.165, 1.54) is 4.68 Å². The average Bonchev–Trinajstić information content (AvgIpc) is 2.43. The molecule has 1 aromatic heterocycles. The van der Waals surface area contributed by atoms with Crippen molar-refractivity contribution in [3.63, 3.8) is 0 Å². The van der Waals surface area contributed by atoms with Gasteiger partial charge < -0.3 is 5.11 Å². The molecule has 84 valence electrons. The zero-order valence-corrected chi connectivity index (χ0v) is 8.80. The lowest BCUT2D eigenvalue weighted by molar-refractivity contribution is 0.0303. The van der Waals surface area contributed by atoms with Crippen molar-refractivity contribution in [2.75, 3.05) is 0 Å². The Hall–Kier alpha value is -0.970. The van der Waals surface area contributed by atoms with E-state index in [1.54, 1.807) is 14.0 Å². The van der Waals surface area contributed by atoms with E-state index in [9.17, 15) is 13.9 Å². The Bertz CT molecular complexity index is 385. The highest BCUT2D eigenvalue weighted by molar-refractivity contribution is 5.33. The average molecular weight is 216 g/mol. The highest BCUT2D eigenvalue weighted by Crippen LogP contribution is 2.38. The Kier molecular flexibility index (Phi) is 2.30.